The minimum atomic E-state index is -0.153. The van der Waals surface area contributed by atoms with Crippen LogP contribution in [0.15, 0.2) is 6.20 Å². The molecule has 1 aromatic heterocycles. The molecule has 5 heteroatoms. The van der Waals surface area contributed by atoms with E-state index in [2.05, 4.69) is 10.4 Å². The summed E-state index contributed by atoms with van der Waals surface area (Å²) < 4.78 is 1.68. The van der Waals surface area contributed by atoms with Crippen LogP contribution in [0.5, 0.6) is 0 Å². The predicted octanol–water partition coefficient (Wildman–Crippen LogP) is 1.43. The van der Waals surface area contributed by atoms with E-state index >= 15 is 0 Å². The predicted molar refractivity (Wildman–Crippen MR) is 68.6 cm³/mol. The Balaban J connectivity index is 2.59. The van der Waals surface area contributed by atoms with Gasteiger partial charge in [-0.1, -0.05) is 20.8 Å². The molecular formula is C12H22N4O. The first-order valence-corrected chi connectivity index (χ1v) is 5.76. The number of amides is 1. The molecule has 5 nitrogen and oxygen atoms in total. The summed E-state index contributed by atoms with van der Waals surface area (Å²) in [5.74, 6) is -0.0662. The van der Waals surface area contributed by atoms with E-state index in [1.54, 1.807) is 10.9 Å². The summed E-state index contributed by atoms with van der Waals surface area (Å²) in [7, 11) is 1.82. The number of aryl methyl sites for hydroxylation is 2. The minimum absolute atomic E-state index is 0.0662. The Morgan fingerprint density at radius 2 is 2.18 bits per heavy atom. The quantitative estimate of drug-likeness (QED) is 0.836. The van der Waals surface area contributed by atoms with Crippen LogP contribution < -0.4 is 11.1 Å². The molecule has 1 amide bonds. The lowest BCUT2D eigenvalue weighted by molar-refractivity contribution is -0.117. The molecule has 0 aromatic carbocycles. The molecular weight excluding hydrogens is 216 g/mol. The SMILES string of the molecule is Cc1nn(C)cc1NC(=O)CC(N)C(C)(C)C. The van der Waals surface area contributed by atoms with Crippen LogP contribution in [0.3, 0.4) is 0 Å². The van der Waals surface area contributed by atoms with E-state index in [9.17, 15) is 4.79 Å². The highest BCUT2D eigenvalue weighted by Gasteiger charge is 2.23. The van der Waals surface area contributed by atoms with Crippen molar-refractivity contribution >= 4 is 11.6 Å². The zero-order chi connectivity index (χ0) is 13.2. The molecule has 0 bridgehead atoms. The summed E-state index contributed by atoms with van der Waals surface area (Å²) >= 11 is 0. The lowest BCUT2D eigenvalue weighted by atomic mass is 9.85. The topological polar surface area (TPSA) is 72.9 Å². The summed E-state index contributed by atoms with van der Waals surface area (Å²) in [6.07, 6.45) is 2.10. The Morgan fingerprint density at radius 3 is 2.59 bits per heavy atom. The molecule has 1 rings (SSSR count). The maximum Gasteiger partial charge on any atom is 0.226 e. The standard InChI is InChI=1S/C12H22N4O/c1-8-9(7-16(5)15-8)14-11(17)6-10(13)12(2,3)4/h7,10H,6,13H2,1-5H3,(H,14,17). The fraction of sp³-hybridized carbons (Fsp3) is 0.667. The van der Waals surface area contributed by atoms with Crippen LogP contribution in [-0.4, -0.2) is 21.7 Å². The molecule has 0 aliphatic carbocycles. The van der Waals surface area contributed by atoms with Crippen LogP contribution in [-0.2, 0) is 11.8 Å². The Morgan fingerprint density at radius 1 is 1.59 bits per heavy atom. The van der Waals surface area contributed by atoms with Crippen molar-refractivity contribution in [1.82, 2.24) is 9.78 Å². The van der Waals surface area contributed by atoms with Gasteiger partial charge in [-0.25, -0.2) is 0 Å². The van der Waals surface area contributed by atoms with Gasteiger partial charge in [0, 0.05) is 25.7 Å². The molecule has 96 valence electrons. The van der Waals surface area contributed by atoms with Crippen LogP contribution >= 0.6 is 0 Å². The van der Waals surface area contributed by atoms with Gasteiger partial charge in [0.2, 0.25) is 5.91 Å². The zero-order valence-electron chi connectivity index (χ0n) is 11.2. The fourth-order valence-corrected chi connectivity index (χ4v) is 1.43. The molecule has 1 aromatic rings. The van der Waals surface area contributed by atoms with Crippen LogP contribution in [0.1, 0.15) is 32.9 Å². The Labute approximate surface area is 102 Å². The van der Waals surface area contributed by atoms with E-state index < -0.39 is 0 Å². The molecule has 0 aliphatic heterocycles. The molecule has 1 unspecified atom stereocenters. The number of nitrogens with two attached hydrogens (primary N) is 1. The highest BCUT2D eigenvalue weighted by Crippen LogP contribution is 2.20. The van der Waals surface area contributed by atoms with Crippen molar-refractivity contribution in [3.05, 3.63) is 11.9 Å². The van der Waals surface area contributed by atoms with E-state index in [4.69, 9.17) is 5.73 Å². The maximum atomic E-state index is 11.8. The molecule has 0 saturated carbocycles. The third-order valence-electron chi connectivity index (χ3n) is 2.81. The van der Waals surface area contributed by atoms with Crippen LogP contribution in [0, 0.1) is 12.3 Å². The average Bonchev–Trinajstić information content (AvgIpc) is 2.43. The first kappa shape index (κ1) is 13.7. The van der Waals surface area contributed by atoms with Crippen molar-refractivity contribution < 1.29 is 4.79 Å². The number of anilines is 1. The Kier molecular flexibility index (Phi) is 3.93. The van der Waals surface area contributed by atoms with Crippen molar-refractivity contribution in [2.45, 2.75) is 40.2 Å². The van der Waals surface area contributed by atoms with Crippen molar-refractivity contribution in [1.29, 1.82) is 0 Å². The molecule has 0 saturated heterocycles. The van der Waals surface area contributed by atoms with Crippen molar-refractivity contribution in [3.63, 3.8) is 0 Å². The van der Waals surface area contributed by atoms with Gasteiger partial charge in [-0.05, 0) is 12.3 Å². The zero-order valence-corrected chi connectivity index (χ0v) is 11.2. The number of carbonyl (C=O) groups excluding carboxylic acids is 1. The van der Waals surface area contributed by atoms with Gasteiger partial charge in [-0.2, -0.15) is 5.10 Å². The summed E-state index contributed by atoms with van der Waals surface area (Å²) in [5, 5.41) is 6.99. The highest BCUT2D eigenvalue weighted by molar-refractivity contribution is 5.91. The summed E-state index contributed by atoms with van der Waals surface area (Å²) in [4.78, 5) is 11.8. The normalized spacial score (nSPS) is 13.5. The van der Waals surface area contributed by atoms with E-state index in [0.29, 0.717) is 6.42 Å². The average molecular weight is 238 g/mol. The Bertz CT molecular complexity index is 403. The second-order valence-electron chi connectivity index (χ2n) is 5.53. The molecule has 17 heavy (non-hydrogen) atoms. The number of aromatic nitrogens is 2. The molecule has 0 aliphatic rings. The summed E-state index contributed by atoms with van der Waals surface area (Å²) in [5.41, 5.74) is 7.46. The van der Waals surface area contributed by atoms with Gasteiger partial charge in [0.05, 0.1) is 11.4 Å². The fourth-order valence-electron chi connectivity index (χ4n) is 1.43. The van der Waals surface area contributed by atoms with E-state index in [0.717, 1.165) is 11.4 Å². The maximum absolute atomic E-state index is 11.8. The third-order valence-corrected chi connectivity index (χ3v) is 2.81. The number of nitrogens with one attached hydrogen (secondary N) is 1. The Hall–Kier alpha value is -1.36. The van der Waals surface area contributed by atoms with Gasteiger partial charge < -0.3 is 11.1 Å². The monoisotopic (exact) mass is 238 g/mol. The van der Waals surface area contributed by atoms with Crippen molar-refractivity contribution in [3.8, 4) is 0 Å². The van der Waals surface area contributed by atoms with Gasteiger partial charge in [0.25, 0.3) is 0 Å². The number of hydrogen-bond acceptors (Lipinski definition) is 3. The number of rotatable bonds is 3. The second kappa shape index (κ2) is 4.87. The minimum Gasteiger partial charge on any atom is -0.327 e. The second-order valence-corrected chi connectivity index (χ2v) is 5.53. The van der Waals surface area contributed by atoms with Crippen LogP contribution in [0.25, 0.3) is 0 Å². The van der Waals surface area contributed by atoms with E-state index in [1.807, 2.05) is 34.7 Å². The molecule has 1 atom stereocenters. The number of hydrogen-bond donors (Lipinski definition) is 2. The van der Waals surface area contributed by atoms with Crippen LogP contribution in [0.2, 0.25) is 0 Å². The van der Waals surface area contributed by atoms with Gasteiger partial charge in [0.15, 0.2) is 0 Å². The van der Waals surface area contributed by atoms with Gasteiger partial charge in [-0.3, -0.25) is 9.48 Å². The van der Waals surface area contributed by atoms with E-state index in [1.165, 1.54) is 0 Å². The smallest absolute Gasteiger partial charge is 0.226 e. The summed E-state index contributed by atoms with van der Waals surface area (Å²) in [6, 6.07) is -0.153. The molecule has 0 radical (unpaired) electrons. The first-order valence-electron chi connectivity index (χ1n) is 5.76. The first-order chi connectivity index (χ1) is 7.70. The van der Waals surface area contributed by atoms with Gasteiger partial charge in [0.1, 0.15) is 0 Å². The lowest BCUT2D eigenvalue weighted by Crippen LogP contribution is -2.38. The van der Waals surface area contributed by atoms with Gasteiger partial charge in [-0.15, -0.1) is 0 Å². The molecule has 0 spiro atoms. The number of carbonyl (C=O) groups is 1. The van der Waals surface area contributed by atoms with Crippen molar-refractivity contribution in [2.24, 2.45) is 18.2 Å². The molecule has 3 N–H and O–H groups in total. The number of nitrogens with zero attached hydrogens (tertiary/aromatic N) is 2. The van der Waals surface area contributed by atoms with Crippen LogP contribution in [0.4, 0.5) is 5.69 Å². The summed E-state index contributed by atoms with van der Waals surface area (Å²) in [6.45, 7) is 7.94. The largest absolute Gasteiger partial charge is 0.327 e. The van der Waals surface area contributed by atoms with E-state index in [-0.39, 0.29) is 17.4 Å². The lowest BCUT2D eigenvalue weighted by Gasteiger charge is -2.26. The molecule has 1 heterocycles. The van der Waals surface area contributed by atoms with Gasteiger partial charge >= 0.3 is 0 Å². The highest BCUT2D eigenvalue weighted by atomic mass is 16.1. The molecule has 0 fully saturated rings. The van der Waals surface area contributed by atoms with Crippen molar-refractivity contribution in [2.75, 3.05) is 5.32 Å². The third kappa shape index (κ3) is 3.85.